The lowest BCUT2D eigenvalue weighted by molar-refractivity contribution is 0.101. The van der Waals surface area contributed by atoms with Crippen molar-refractivity contribution in [3.63, 3.8) is 0 Å². The molecule has 1 fully saturated rings. The highest BCUT2D eigenvalue weighted by Crippen LogP contribution is 2.27. The number of benzene rings is 2. The van der Waals surface area contributed by atoms with Gasteiger partial charge in [-0.2, -0.15) is 0 Å². The van der Waals surface area contributed by atoms with Gasteiger partial charge in [0, 0.05) is 24.2 Å². The zero-order chi connectivity index (χ0) is 18.6. The molecule has 27 heavy (non-hydrogen) atoms. The fourth-order valence-electron chi connectivity index (χ4n) is 3.88. The normalized spacial score (nSPS) is 15.9. The molecule has 0 aliphatic carbocycles. The highest BCUT2D eigenvalue weighted by molar-refractivity contribution is 5.84. The first-order valence-corrected chi connectivity index (χ1v) is 10.1. The van der Waals surface area contributed by atoms with Gasteiger partial charge in [0.05, 0.1) is 5.52 Å². The molecule has 1 aromatic heterocycles. The molecule has 1 aliphatic heterocycles. The minimum Gasteiger partial charge on any atom is -0.490 e. The van der Waals surface area contributed by atoms with E-state index in [4.69, 9.17) is 4.74 Å². The van der Waals surface area contributed by atoms with Crippen LogP contribution in [-0.2, 0) is 0 Å². The fourth-order valence-corrected chi connectivity index (χ4v) is 3.88. The van der Waals surface area contributed by atoms with E-state index in [9.17, 15) is 0 Å². The third kappa shape index (κ3) is 4.30. The highest BCUT2D eigenvalue weighted by atomic mass is 16.5. The molecular weight excluding hydrogens is 332 g/mol. The Balaban J connectivity index is 1.43. The van der Waals surface area contributed by atoms with Crippen LogP contribution in [0.2, 0.25) is 0 Å². The van der Waals surface area contributed by atoms with Crippen LogP contribution in [0.5, 0.6) is 5.75 Å². The summed E-state index contributed by atoms with van der Waals surface area (Å²) in [5, 5.41) is 1.18. The van der Waals surface area contributed by atoms with Gasteiger partial charge < -0.3 is 9.64 Å². The van der Waals surface area contributed by atoms with Gasteiger partial charge in [0.15, 0.2) is 0 Å². The number of piperidine rings is 1. The van der Waals surface area contributed by atoms with Crippen molar-refractivity contribution < 1.29 is 4.74 Å². The van der Waals surface area contributed by atoms with Crippen LogP contribution in [0.25, 0.3) is 22.0 Å². The molecule has 0 amide bonds. The van der Waals surface area contributed by atoms with E-state index in [0.717, 1.165) is 42.9 Å². The molecule has 0 saturated carbocycles. The summed E-state index contributed by atoms with van der Waals surface area (Å²) in [6.45, 7) is 7.80. The number of ether oxygens (including phenoxy) is 1. The van der Waals surface area contributed by atoms with Gasteiger partial charge >= 0.3 is 0 Å². The number of hydrogen-bond acceptors (Lipinski definition) is 3. The Morgan fingerprint density at radius 3 is 2.41 bits per heavy atom. The maximum atomic E-state index is 6.22. The van der Waals surface area contributed by atoms with E-state index in [-0.39, 0.29) is 0 Å². The summed E-state index contributed by atoms with van der Waals surface area (Å²) in [6, 6.07) is 19.2. The second kappa shape index (κ2) is 8.10. The molecule has 3 heteroatoms. The molecule has 3 aromatic rings. The van der Waals surface area contributed by atoms with Crippen molar-refractivity contribution in [3.05, 3.63) is 60.3 Å². The molecule has 0 unspecified atom stereocenters. The first kappa shape index (κ1) is 18.0. The number of nitrogens with zero attached hydrogens (tertiary/aromatic N) is 2. The summed E-state index contributed by atoms with van der Waals surface area (Å²) < 4.78 is 6.22. The molecule has 3 nitrogen and oxygen atoms in total. The van der Waals surface area contributed by atoms with Gasteiger partial charge in [0.2, 0.25) is 0 Å². The van der Waals surface area contributed by atoms with E-state index in [0.29, 0.717) is 6.10 Å². The van der Waals surface area contributed by atoms with Crippen LogP contribution in [-0.4, -0.2) is 35.6 Å². The lowest BCUT2D eigenvalue weighted by atomic mass is 10.0. The van der Waals surface area contributed by atoms with Gasteiger partial charge in [-0.05, 0) is 68.1 Å². The molecule has 1 aliphatic rings. The standard InChI is InChI=1S/C24H28N2O/c1-3-14-26-15-12-23(13-16-26)27-22-10-8-19(9-11-22)21-7-6-20-5-4-18(2)25-24(20)17-21/h4-11,17,23H,3,12-16H2,1-2H3. The van der Waals surface area contributed by atoms with Crippen LogP contribution in [0.1, 0.15) is 31.9 Å². The van der Waals surface area contributed by atoms with Gasteiger partial charge in [-0.3, -0.25) is 4.98 Å². The summed E-state index contributed by atoms with van der Waals surface area (Å²) in [6.07, 6.45) is 3.82. The Morgan fingerprint density at radius 1 is 0.963 bits per heavy atom. The second-order valence-corrected chi connectivity index (χ2v) is 7.54. The van der Waals surface area contributed by atoms with Gasteiger partial charge in [-0.15, -0.1) is 0 Å². The highest BCUT2D eigenvalue weighted by Gasteiger charge is 2.19. The van der Waals surface area contributed by atoms with Gasteiger partial charge in [-0.1, -0.05) is 37.3 Å². The van der Waals surface area contributed by atoms with E-state index in [2.05, 4.69) is 71.4 Å². The lowest BCUT2D eigenvalue weighted by Crippen LogP contribution is -2.38. The molecule has 0 spiro atoms. The third-order valence-electron chi connectivity index (χ3n) is 5.40. The molecule has 4 rings (SSSR count). The van der Waals surface area contributed by atoms with Crippen LogP contribution in [0.4, 0.5) is 0 Å². The van der Waals surface area contributed by atoms with Crippen molar-refractivity contribution in [2.45, 2.75) is 39.2 Å². The number of rotatable bonds is 5. The Kier molecular flexibility index (Phi) is 5.40. The summed E-state index contributed by atoms with van der Waals surface area (Å²) in [5.74, 6) is 0.974. The number of aromatic nitrogens is 1. The van der Waals surface area contributed by atoms with Crippen molar-refractivity contribution in [1.82, 2.24) is 9.88 Å². The first-order valence-electron chi connectivity index (χ1n) is 10.1. The van der Waals surface area contributed by atoms with Crippen LogP contribution < -0.4 is 4.74 Å². The molecular formula is C24H28N2O. The Morgan fingerprint density at radius 2 is 1.67 bits per heavy atom. The average molecular weight is 361 g/mol. The van der Waals surface area contributed by atoms with Crippen LogP contribution in [0, 0.1) is 6.92 Å². The number of hydrogen-bond donors (Lipinski definition) is 0. The number of aryl methyl sites for hydroxylation is 1. The largest absolute Gasteiger partial charge is 0.490 e. The van der Waals surface area contributed by atoms with Crippen molar-refractivity contribution >= 4 is 10.9 Å². The Labute approximate surface area is 162 Å². The summed E-state index contributed by atoms with van der Waals surface area (Å²) in [7, 11) is 0. The predicted octanol–water partition coefficient (Wildman–Crippen LogP) is 5.46. The molecule has 0 atom stereocenters. The molecule has 0 radical (unpaired) electrons. The molecule has 140 valence electrons. The SMILES string of the molecule is CCCN1CCC(Oc2ccc(-c3ccc4ccc(C)nc4c3)cc2)CC1. The first-order chi connectivity index (χ1) is 13.2. The van der Waals surface area contributed by atoms with Crippen molar-refractivity contribution in [2.24, 2.45) is 0 Å². The number of fused-ring (bicyclic) bond motifs is 1. The predicted molar refractivity (Wildman–Crippen MR) is 112 cm³/mol. The topological polar surface area (TPSA) is 25.4 Å². The second-order valence-electron chi connectivity index (χ2n) is 7.54. The quantitative estimate of drug-likeness (QED) is 0.604. The Bertz CT molecular complexity index is 896. The maximum Gasteiger partial charge on any atom is 0.119 e. The van der Waals surface area contributed by atoms with E-state index in [1.807, 2.05) is 6.92 Å². The van der Waals surface area contributed by atoms with Gasteiger partial charge in [0.1, 0.15) is 11.9 Å². The van der Waals surface area contributed by atoms with Crippen molar-refractivity contribution in [2.75, 3.05) is 19.6 Å². The summed E-state index contributed by atoms with van der Waals surface area (Å²) in [5.41, 5.74) is 4.49. The summed E-state index contributed by atoms with van der Waals surface area (Å²) >= 11 is 0. The third-order valence-corrected chi connectivity index (χ3v) is 5.40. The number of likely N-dealkylation sites (tertiary alicyclic amines) is 1. The zero-order valence-electron chi connectivity index (χ0n) is 16.3. The molecule has 0 N–H and O–H groups in total. The smallest absolute Gasteiger partial charge is 0.119 e. The van der Waals surface area contributed by atoms with Crippen molar-refractivity contribution in [3.8, 4) is 16.9 Å². The fraction of sp³-hybridized carbons (Fsp3) is 0.375. The van der Waals surface area contributed by atoms with Crippen molar-refractivity contribution in [1.29, 1.82) is 0 Å². The minimum absolute atomic E-state index is 0.344. The minimum atomic E-state index is 0.344. The molecule has 2 heterocycles. The zero-order valence-corrected chi connectivity index (χ0v) is 16.3. The van der Waals surface area contributed by atoms with Gasteiger partial charge in [-0.25, -0.2) is 0 Å². The summed E-state index contributed by atoms with van der Waals surface area (Å²) in [4.78, 5) is 7.19. The van der Waals surface area contributed by atoms with Gasteiger partial charge in [0.25, 0.3) is 0 Å². The average Bonchev–Trinajstić information content (AvgIpc) is 2.70. The Hall–Kier alpha value is -2.39. The van der Waals surface area contributed by atoms with E-state index >= 15 is 0 Å². The van der Waals surface area contributed by atoms with Crippen LogP contribution in [0.15, 0.2) is 54.6 Å². The van der Waals surface area contributed by atoms with E-state index in [1.165, 1.54) is 29.5 Å². The number of pyridine rings is 1. The molecule has 2 aromatic carbocycles. The van der Waals surface area contributed by atoms with E-state index < -0.39 is 0 Å². The maximum absolute atomic E-state index is 6.22. The van der Waals surface area contributed by atoms with Crippen LogP contribution >= 0.6 is 0 Å². The molecule has 1 saturated heterocycles. The lowest BCUT2D eigenvalue weighted by Gasteiger charge is -2.31. The van der Waals surface area contributed by atoms with Crippen LogP contribution in [0.3, 0.4) is 0 Å². The monoisotopic (exact) mass is 360 g/mol. The van der Waals surface area contributed by atoms with E-state index in [1.54, 1.807) is 0 Å². The molecule has 0 bridgehead atoms.